The topological polar surface area (TPSA) is 75.9 Å². The van der Waals surface area contributed by atoms with Crippen LogP contribution in [0.15, 0.2) is 29.2 Å². The maximum Gasteiger partial charge on any atom is 0.214 e. The Kier molecular flexibility index (Phi) is 7.98. The number of pyridine rings is 1. The predicted octanol–water partition coefficient (Wildman–Crippen LogP) is 2.57. The Hall–Kier alpha value is -1.95. The Morgan fingerprint density at radius 2 is 1.90 bits per heavy atom. The van der Waals surface area contributed by atoms with Gasteiger partial charge in [0.2, 0.25) is 12.2 Å². The number of hydrogen-bond donors (Lipinski definition) is 2. The quantitative estimate of drug-likeness (QED) is 0.878. The molecule has 2 aromatic rings. The third kappa shape index (κ3) is 5.36. The van der Waals surface area contributed by atoms with Gasteiger partial charge in [-0.05, 0) is 38.1 Å². The molecule has 20 heavy (non-hydrogen) atoms. The number of nitrogens with zero attached hydrogens (tertiary/aromatic N) is 3. The van der Waals surface area contributed by atoms with Crippen LogP contribution >= 0.6 is 0 Å². The lowest BCUT2D eigenvalue weighted by molar-refractivity contribution is 0.418. The Labute approximate surface area is 120 Å². The van der Waals surface area contributed by atoms with Crippen LogP contribution < -0.4 is 10.6 Å². The van der Waals surface area contributed by atoms with Gasteiger partial charge in [-0.3, -0.25) is 0 Å². The monoisotopic (exact) mass is 277 g/mol. The van der Waals surface area contributed by atoms with Gasteiger partial charge in [-0.25, -0.2) is 4.98 Å². The van der Waals surface area contributed by atoms with E-state index in [-0.39, 0.29) is 0 Å². The zero-order valence-electron chi connectivity index (χ0n) is 12.4. The third-order valence-corrected chi connectivity index (χ3v) is 2.60. The first-order chi connectivity index (χ1) is 9.90. The zero-order valence-corrected chi connectivity index (χ0v) is 12.4. The van der Waals surface area contributed by atoms with E-state index in [1.165, 1.54) is 32.3 Å². The van der Waals surface area contributed by atoms with Crippen molar-refractivity contribution in [2.45, 2.75) is 26.7 Å². The highest BCUT2D eigenvalue weighted by Crippen LogP contribution is 2.14. The third-order valence-electron chi connectivity index (χ3n) is 2.60. The van der Waals surface area contributed by atoms with Gasteiger partial charge in [0.05, 0.1) is 0 Å². The number of nitrogens with one attached hydrogen (secondary N) is 2. The summed E-state index contributed by atoms with van der Waals surface area (Å²) < 4.78 is 4.62. The fourth-order valence-corrected chi connectivity index (χ4v) is 1.60. The van der Waals surface area contributed by atoms with Crippen molar-refractivity contribution in [1.82, 2.24) is 20.4 Å². The lowest BCUT2D eigenvalue weighted by Gasteiger charge is -1.97. The van der Waals surface area contributed by atoms with E-state index in [1.54, 1.807) is 6.20 Å². The van der Waals surface area contributed by atoms with Crippen LogP contribution in [-0.4, -0.2) is 35.3 Å². The van der Waals surface area contributed by atoms with E-state index in [2.05, 4.69) is 30.3 Å². The zero-order chi connectivity index (χ0) is 14.6. The van der Waals surface area contributed by atoms with Gasteiger partial charge in [0.25, 0.3) is 0 Å². The van der Waals surface area contributed by atoms with E-state index in [4.69, 9.17) is 0 Å². The van der Waals surface area contributed by atoms with Crippen LogP contribution in [0.25, 0.3) is 11.4 Å². The summed E-state index contributed by atoms with van der Waals surface area (Å²) in [5, 5.41) is 9.84. The molecule has 0 spiro atoms. The maximum atomic E-state index is 4.62. The highest BCUT2D eigenvalue weighted by Gasteiger charge is 2.02. The minimum atomic E-state index is 0.551. The molecule has 1 aliphatic rings. The van der Waals surface area contributed by atoms with E-state index in [9.17, 15) is 0 Å². The first-order valence-electron chi connectivity index (χ1n) is 7.01. The van der Waals surface area contributed by atoms with Gasteiger partial charge < -0.3 is 15.2 Å². The Morgan fingerprint density at radius 3 is 2.30 bits per heavy atom. The molecule has 2 N–H and O–H groups in total. The smallest absolute Gasteiger partial charge is 0.214 e. The van der Waals surface area contributed by atoms with Gasteiger partial charge in [0.15, 0.2) is 0 Å². The lowest BCUT2D eigenvalue weighted by atomic mass is 10.3. The van der Waals surface area contributed by atoms with Gasteiger partial charge in [0.1, 0.15) is 5.82 Å². The van der Waals surface area contributed by atoms with Gasteiger partial charge in [-0.2, -0.15) is 4.98 Å². The SMILES string of the molecule is C1CCNC1.CC.CNc1ccc(-c2ncon2)cn1. The summed E-state index contributed by atoms with van der Waals surface area (Å²) in [6, 6.07) is 3.73. The molecule has 6 heteroatoms. The highest BCUT2D eigenvalue weighted by atomic mass is 16.5. The maximum absolute atomic E-state index is 4.62. The first-order valence-corrected chi connectivity index (χ1v) is 7.01. The average Bonchev–Trinajstić information content (AvgIpc) is 3.25. The van der Waals surface area contributed by atoms with E-state index in [0.29, 0.717) is 5.82 Å². The van der Waals surface area contributed by atoms with Crippen LogP contribution in [0.4, 0.5) is 5.82 Å². The van der Waals surface area contributed by atoms with Crippen LogP contribution in [0.1, 0.15) is 26.7 Å². The predicted molar refractivity (Wildman–Crippen MR) is 80.5 cm³/mol. The molecule has 6 nitrogen and oxygen atoms in total. The molecule has 110 valence electrons. The van der Waals surface area contributed by atoms with Crippen molar-refractivity contribution >= 4 is 5.82 Å². The summed E-state index contributed by atoms with van der Waals surface area (Å²) in [7, 11) is 1.82. The van der Waals surface area contributed by atoms with Crippen molar-refractivity contribution in [2.24, 2.45) is 0 Å². The second-order valence-corrected chi connectivity index (χ2v) is 3.89. The fourth-order valence-electron chi connectivity index (χ4n) is 1.60. The molecule has 0 aliphatic carbocycles. The van der Waals surface area contributed by atoms with E-state index < -0.39 is 0 Å². The molecule has 0 amide bonds. The molecular formula is C14H23N5O. The van der Waals surface area contributed by atoms with Crippen LogP contribution in [0.2, 0.25) is 0 Å². The molecule has 1 saturated heterocycles. The standard InChI is InChI=1S/C8H8N4O.C4H9N.C2H6/c1-9-7-3-2-6(4-10-7)8-11-5-13-12-8;1-2-4-5-3-1;1-2/h2-5H,1H3,(H,9,10);5H,1-4H2;1-2H3. The number of aromatic nitrogens is 3. The van der Waals surface area contributed by atoms with Crippen molar-refractivity contribution in [3.63, 3.8) is 0 Å². The Bertz CT molecular complexity index is 429. The summed E-state index contributed by atoms with van der Waals surface area (Å²) in [5.74, 6) is 1.36. The van der Waals surface area contributed by atoms with Gasteiger partial charge in [-0.15, -0.1) is 0 Å². The molecule has 0 aromatic carbocycles. The van der Waals surface area contributed by atoms with E-state index in [0.717, 1.165) is 11.4 Å². The molecule has 0 radical (unpaired) electrons. The molecule has 0 atom stereocenters. The molecule has 3 heterocycles. The Balaban J connectivity index is 0.000000239. The summed E-state index contributed by atoms with van der Waals surface area (Å²) >= 11 is 0. The van der Waals surface area contributed by atoms with Gasteiger partial charge in [0, 0.05) is 18.8 Å². The largest absolute Gasteiger partial charge is 0.373 e. The molecule has 3 rings (SSSR count). The molecule has 0 bridgehead atoms. The first kappa shape index (κ1) is 16.1. The second kappa shape index (κ2) is 9.91. The summed E-state index contributed by atoms with van der Waals surface area (Å²) in [4.78, 5) is 8.02. The highest BCUT2D eigenvalue weighted by molar-refractivity contribution is 5.54. The van der Waals surface area contributed by atoms with Crippen LogP contribution in [0, 0.1) is 0 Å². The average molecular weight is 277 g/mol. The second-order valence-electron chi connectivity index (χ2n) is 3.89. The van der Waals surface area contributed by atoms with E-state index in [1.807, 2.05) is 33.0 Å². The van der Waals surface area contributed by atoms with Crippen molar-refractivity contribution in [2.75, 3.05) is 25.5 Å². The van der Waals surface area contributed by atoms with E-state index >= 15 is 0 Å². The molecule has 1 aliphatic heterocycles. The molecule has 2 aromatic heterocycles. The van der Waals surface area contributed by atoms with Crippen LogP contribution in [0.3, 0.4) is 0 Å². The number of hydrogen-bond acceptors (Lipinski definition) is 6. The molecule has 0 unspecified atom stereocenters. The molecule has 0 saturated carbocycles. The lowest BCUT2D eigenvalue weighted by Crippen LogP contribution is -2.03. The Morgan fingerprint density at radius 1 is 1.15 bits per heavy atom. The van der Waals surface area contributed by atoms with Crippen molar-refractivity contribution in [3.05, 3.63) is 24.7 Å². The molecular weight excluding hydrogens is 254 g/mol. The minimum absolute atomic E-state index is 0.551. The molecule has 1 fully saturated rings. The van der Waals surface area contributed by atoms with Crippen molar-refractivity contribution in [3.8, 4) is 11.4 Å². The van der Waals surface area contributed by atoms with Crippen LogP contribution in [0.5, 0.6) is 0 Å². The van der Waals surface area contributed by atoms with Gasteiger partial charge in [-0.1, -0.05) is 19.0 Å². The summed E-state index contributed by atoms with van der Waals surface area (Å²) in [6.07, 6.45) is 5.76. The van der Waals surface area contributed by atoms with Crippen molar-refractivity contribution in [1.29, 1.82) is 0 Å². The minimum Gasteiger partial charge on any atom is -0.373 e. The number of rotatable bonds is 2. The summed E-state index contributed by atoms with van der Waals surface area (Å²) in [5.41, 5.74) is 0.841. The van der Waals surface area contributed by atoms with Crippen molar-refractivity contribution < 1.29 is 4.52 Å². The van der Waals surface area contributed by atoms with Crippen LogP contribution in [-0.2, 0) is 0 Å². The van der Waals surface area contributed by atoms with Gasteiger partial charge >= 0.3 is 0 Å². The number of anilines is 1. The normalized spacial score (nSPS) is 12.8. The fraction of sp³-hybridized carbons (Fsp3) is 0.500. The summed E-state index contributed by atoms with van der Waals surface area (Å²) in [6.45, 7) is 6.50.